The number of rotatable bonds is 8. The summed E-state index contributed by atoms with van der Waals surface area (Å²) in [4.78, 5) is 14.2. The molecule has 0 radical (unpaired) electrons. The molecule has 0 N–H and O–H groups in total. The molecule has 1 saturated heterocycles. The van der Waals surface area contributed by atoms with Gasteiger partial charge in [0.05, 0.1) is 26.4 Å². The van der Waals surface area contributed by atoms with Crippen molar-refractivity contribution in [2.24, 2.45) is 0 Å². The Morgan fingerprint density at radius 1 is 1.07 bits per heavy atom. The van der Waals surface area contributed by atoms with Crippen LogP contribution in [-0.2, 0) is 16.1 Å². The SMILES string of the molecule is CCCOc1ccc(CN2C(=O)COC2c2c(OC)cccc2OC)cc1. The summed E-state index contributed by atoms with van der Waals surface area (Å²) in [5, 5.41) is 0. The average molecular weight is 371 g/mol. The minimum absolute atomic E-state index is 0.0313. The second-order valence-corrected chi connectivity index (χ2v) is 6.25. The van der Waals surface area contributed by atoms with Crippen LogP contribution in [0, 0.1) is 0 Å². The van der Waals surface area contributed by atoms with E-state index < -0.39 is 6.23 Å². The van der Waals surface area contributed by atoms with Gasteiger partial charge in [-0.05, 0) is 36.2 Å². The van der Waals surface area contributed by atoms with Gasteiger partial charge in [-0.15, -0.1) is 0 Å². The Kier molecular flexibility index (Phi) is 6.19. The maximum Gasteiger partial charge on any atom is 0.251 e. The Morgan fingerprint density at radius 2 is 1.74 bits per heavy atom. The second-order valence-electron chi connectivity index (χ2n) is 6.25. The third kappa shape index (κ3) is 4.17. The van der Waals surface area contributed by atoms with E-state index in [1.54, 1.807) is 19.1 Å². The van der Waals surface area contributed by atoms with E-state index in [0.29, 0.717) is 24.7 Å². The van der Waals surface area contributed by atoms with Crippen LogP contribution in [0.1, 0.15) is 30.7 Å². The molecule has 1 unspecified atom stereocenters. The summed E-state index contributed by atoms with van der Waals surface area (Å²) in [5.41, 5.74) is 1.72. The monoisotopic (exact) mass is 371 g/mol. The molecule has 144 valence electrons. The van der Waals surface area contributed by atoms with E-state index in [1.807, 2.05) is 42.5 Å². The first-order chi connectivity index (χ1) is 13.2. The van der Waals surface area contributed by atoms with Gasteiger partial charge in [-0.3, -0.25) is 4.79 Å². The molecule has 1 aliphatic heterocycles. The molecule has 0 aliphatic carbocycles. The highest BCUT2D eigenvalue weighted by Gasteiger charge is 2.36. The molecule has 1 aliphatic rings. The van der Waals surface area contributed by atoms with Crippen molar-refractivity contribution >= 4 is 5.91 Å². The standard InChI is InChI=1S/C21H25NO5/c1-4-12-26-16-10-8-15(9-11-16)13-22-19(23)14-27-21(22)20-17(24-2)6-5-7-18(20)25-3/h5-11,21H,4,12-14H2,1-3H3. The Morgan fingerprint density at radius 3 is 2.33 bits per heavy atom. The zero-order valence-corrected chi connectivity index (χ0v) is 15.9. The Hall–Kier alpha value is -2.73. The first kappa shape index (κ1) is 19.0. The van der Waals surface area contributed by atoms with Crippen LogP contribution in [0.2, 0.25) is 0 Å². The van der Waals surface area contributed by atoms with Gasteiger partial charge in [-0.1, -0.05) is 25.1 Å². The summed E-state index contributed by atoms with van der Waals surface area (Å²) >= 11 is 0. The smallest absolute Gasteiger partial charge is 0.251 e. The molecular formula is C21H25NO5. The first-order valence-electron chi connectivity index (χ1n) is 9.01. The molecule has 0 bridgehead atoms. The third-order valence-electron chi connectivity index (χ3n) is 4.43. The first-order valence-corrected chi connectivity index (χ1v) is 9.01. The fraction of sp³-hybridized carbons (Fsp3) is 0.381. The quantitative estimate of drug-likeness (QED) is 0.710. The van der Waals surface area contributed by atoms with E-state index >= 15 is 0 Å². The molecule has 2 aromatic carbocycles. The second kappa shape index (κ2) is 8.77. The predicted octanol–water partition coefficient (Wildman–Crippen LogP) is 3.55. The normalized spacial score (nSPS) is 16.5. The fourth-order valence-corrected chi connectivity index (χ4v) is 3.10. The Balaban J connectivity index is 1.83. The molecule has 0 aromatic heterocycles. The summed E-state index contributed by atoms with van der Waals surface area (Å²) in [5.74, 6) is 2.01. The molecule has 1 heterocycles. The van der Waals surface area contributed by atoms with Gasteiger partial charge in [-0.25, -0.2) is 0 Å². The van der Waals surface area contributed by atoms with Crippen molar-refractivity contribution in [3.05, 3.63) is 53.6 Å². The van der Waals surface area contributed by atoms with Crippen LogP contribution in [0.5, 0.6) is 17.2 Å². The highest BCUT2D eigenvalue weighted by molar-refractivity contribution is 5.80. The van der Waals surface area contributed by atoms with Crippen molar-refractivity contribution in [1.82, 2.24) is 4.90 Å². The van der Waals surface area contributed by atoms with Gasteiger partial charge in [0.1, 0.15) is 23.9 Å². The van der Waals surface area contributed by atoms with Crippen molar-refractivity contribution in [2.45, 2.75) is 26.1 Å². The molecule has 6 nitrogen and oxygen atoms in total. The topological polar surface area (TPSA) is 57.2 Å². The molecule has 1 fully saturated rings. The van der Waals surface area contributed by atoms with Crippen LogP contribution >= 0.6 is 0 Å². The van der Waals surface area contributed by atoms with Crippen LogP contribution < -0.4 is 14.2 Å². The molecule has 1 amide bonds. The number of carbonyl (C=O) groups is 1. The fourth-order valence-electron chi connectivity index (χ4n) is 3.10. The van der Waals surface area contributed by atoms with Gasteiger partial charge in [0.2, 0.25) is 0 Å². The van der Waals surface area contributed by atoms with E-state index in [2.05, 4.69) is 6.92 Å². The predicted molar refractivity (Wildman–Crippen MR) is 101 cm³/mol. The zero-order valence-electron chi connectivity index (χ0n) is 15.9. The number of hydrogen-bond acceptors (Lipinski definition) is 5. The lowest BCUT2D eigenvalue weighted by Gasteiger charge is -2.26. The maximum atomic E-state index is 12.5. The molecule has 6 heteroatoms. The molecule has 1 atom stereocenters. The lowest BCUT2D eigenvalue weighted by molar-refractivity contribution is -0.128. The van der Waals surface area contributed by atoms with E-state index in [1.165, 1.54) is 0 Å². The van der Waals surface area contributed by atoms with Crippen molar-refractivity contribution in [3.8, 4) is 17.2 Å². The van der Waals surface area contributed by atoms with E-state index in [-0.39, 0.29) is 12.5 Å². The van der Waals surface area contributed by atoms with Crippen LogP contribution in [0.25, 0.3) is 0 Å². The lowest BCUT2D eigenvalue weighted by atomic mass is 10.1. The molecular weight excluding hydrogens is 346 g/mol. The number of hydrogen-bond donors (Lipinski definition) is 0. The van der Waals surface area contributed by atoms with Gasteiger partial charge in [0.15, 0.2) is 6.23 Å². The van der Waals surface area contributed by atoms with E-state index in [4.69, 9.17) is 18.9 Å². The van der Waals surface area contributed by atoms with E-state index in [0.717, 1.165) is 23.3 Å². The van der Waals surface area contributed by atoms with Crippen LogP contribution in [0.4, 0.5) is 0 Å². The number of methoxy groups -OCH3 is 2. The summed E-state index contributed by atoms with van der Waals surface area (Å²) in [6.07, 6.45) is 0.406. The van der Waals surface area contributed by atoms with Gasteiger partial charge in [-0.2, -0.15) is 0 Å². The summed E-state index contributed by atoms with van der Waals surface area (Å²) in [6.45, 7) is 3.22. The minimum Gasteiger partial charge on any atom is -0.496 e. The van der Waals surface area contributed by atoms with Crippen molar-refractivity contribution in [1.29, 1.82) is 0 Å². The highest BCUT2D eigenvalue weighted by atomic mass is 16.5. The molecule has 3 rings (SSSR count). The maximum absolute atomic E-state index is 12.5. The molecule has 0 spiro atoms. The number of benzene rings is 2. The van der Waals surface area contributed by atoms with Crippen molar-refractivity contribution in [3.63, 3.8) is 0 Å². The van der Waals surface area contributed by atoms with Gasteiger partial charge in [0, 0.05) is 6.54 Å². The molecule has 27 heavy (non-hydrogen) atoms. The minimum atomic E-state index is -0.556. The van der Waals surface area contributed by atoms with Gasteiger partial charge in [0.25, 0.3) is 5.91 Å². The van der Waals surface area contributed by atoms with Crippen LogP contribution in [0.15, 0.2) is 42.5 Å². The molecule has 0 saturated carbocycles. The third-order valence-corrected chi connectivity index (χ3v) is 4.43. The largest absolute Gasteiger partial charge is 0.496 e. The van der Waals surface area contributed by atoms with E-state index in [9.17, 15) is 4.79 Å². The summed E-state index contributed by atoms with van der Waals surface area (Å²) < 4.78 is 22.3. The van der Waals surface area contributed by atoms with Crippen molar-refractivity contribution < 1.29 is 23.7 Å². The Bertz CT molecular complexity index is 752. The highest BCUT2D eigenvalue weighted by Crippen LogP contribution is 2.40. The van der Waals surface area contributed by atoms with Gasteiger partial charge >= 0.3 is 0 Å². The lowest BCUT2D eigenvalue weighted by Crippen LogP contribution is -2.28. The average Bonchev–Trinajstić information content (AvgIpc) is 3.06. The Labute approximate surface area is 159 Å². The van der Waals surface area contributed by atoms with Crippen LogP contribution in [0.3, 0.4) is 0 Å². The molecule has 2 aromatic rings. The summed E-state index contributed by atoms with van der Waals surface area (Å²) in [7, 11) is 3.18. The van der Waals surface area contributed by atoms with Crippen LogP contribution in [-0.4, -0.2) is 38.2 Å². The zero-order chi connectivity index (χ0) is 19.2. The number of carbonyl (C=O) groups excluding carboxylic acids is 1. The number of nitrogens with zero attached hydrogens (tertiary/aromatic N) is 1. The summed E-state index contributed by atoms with van der Waals surface area (Å²) in [6, 6.07) is 13.3. The number of amides is 1. The number of ether oxygens (including phenoxy) is 4. The van der Waals surface area contributed by atoms with Gasteiger partial charge < -0.3 is 23.8 Å². The van der Waals surface area contributed by atoms with Crippen molar-refractivity contribution in [2.75, 3.05) is 27.4 Å².